The van der Waals surface area contributed by atoms with Crippen LogP contribution in [-0.4, -0.2) is 12.5 Å². The van der Waals surface area contributed by atoms with Crippen molar-refractivity contribution in [3.05, 3.63) is 67.6 Å². The second-order valence-electron chi connectivity index (χ2n) is 4.10. The molecule has 1 aromatic heterocycles. The van der Waals surface area contributed by atoms with Crippen molar-refractivity contribution in [2.24, 2.45) is 0 Å². The van der Waals surface area contributed by atoms with Crippen LogP contribution in [0, 0.1) is 0 Å². The highest BCUT2D eigenvalue weighted by atomic mass is 79.9. The summed E-state index contributed by atoms with van der Waals surface area (Å²) < 4.78 is 4.93. The van der Waals surface area contributed by atoms with E-state index in [9.17, 15) is 9.59 Å². The molecule has 0 aliphatic rings. The largest absolute Gasteiger partial charge is 0.430 e. The van der Waals surface area contributed by atoms with E-state index in [1.165, 1.54) is 6.07 Å². The topological polar surface area (TPSA) is 59.3 Å². The van der Waals surface area contributed by atoms with Gasteiger partial charge in [-0.25, -0.2) is 4.79 Å². The Labute approximate surface area is 128 Å². The molecular weight excluding hydrogens is 346 g/mol. The Bertz CT molecular complexity index is 667. The summed E-state index contributed by atoms with van der Waals surface area (Å²) in [7, 11) is 0. The first-order chi connectivity index (χ1) is 9.56. The molecule has 0 bridgehead atoms. The van der Waals surface area contributed by atoms with E-state index in [1.807, 2.05) is 24.3 Å². The Morgan fingerprint density at radius 1 is 1.30 bits per heavy atom. The Kier molecular flexibility index (Phi) is 4.98. The van der Waals surface area contributed by atoms with Crippen LogP contribution in [0.3, 0.4) is 0 Å². The number of carbonyl (C=O) groups is 1. The molecular formula is C14H11BrClNO3. The monoisotopic (exact) mass is 355 g/mol. The summed E-state index contributed by atoms with van der Waals surface area (Å²) in [5, 5.41) is 3.44. The van der Waals surface area contributed by atoms with Gasteiger partial charge >= 0.3 is 5.63 Å². The number of carbonyl (C=O) groups excluding carboxylic acids is 1. The summed E-state index contributed by atoms with van der Waals surface area (Å²) >= 11 is 8.82. The zero-order valence-electron chi connectivity index (χ0n) is 10.4. The SMILES string of the molecule is O=C(NCCc1ccc(Cl)cc1)c1coc(=O)c(Br)c1. The molecule has 0 aliphatic heterocycles. The normalized spacial score (nSPS) is 10.3. The Hall–Kier alpha value is -1.59. The fourth-order valence-corrected chi connectivity index (χ4v) is 2.06. The highest BCUT2D eigenvalue weighted by Gasteiger charge is 2.08. The molecule has 4 nitrogen and oxygen atoms in total. The van der Waals surface area contributed by atoms with Gasteiger partial charge in [0.25, 0.3) is 5.91 Å². The van der Waals surface area contributed by atoms with Crippen LogP contribution in [0.5, 0.6) is 0 Å². The first kappa shape index (κ1) is 14.8. The van der Waals surface area contributed by atoms with Crippen LogP contribution in [0.2, 0.25) is 5.02 Å². The maximum Gasteiger partial charge on any atom is 0.350 e. The molecule has 1 aromatic carbocycles. The van der Waals surface area contributed by atoms with E-state index in [0.29, 0.717) is 23.6 Å². The van der Waals surface area contributed by atoms with Gasteiger partial charge < -0.3 is 9.73 Å². The molecule has 0 saturated carbocycles. The zero-order valence-corrected chi connectivity index (χ0v) is 12.7. The van der Waals surface area contributed by atoms with Gasteiger partial charge in [0, 0.05) is 11.6 Å². The van der Waals surface area contributed by atoms with Gasteiger partial charge in [0.1, 0.15) is 10.7 Å². The number of halogens is 2. The predicted molar refractivity (Wildman–Crippen MR) is 80.2 cm³/mol. The summed E-state index contributed by atoms with van der Waals surface area (Å²) in [5.74, 6) is -0.289. The number of benzene rings is 1. The number of hydrogen-bond acceptors (Lipinski definition) is 3. The maximum atomic E-state index is 11.8. The minimum atomic E-state index is -0.511. The summed E-state index contributed by atoms with van der Waals surface area (Å²) in [4.78, 5) is 22.9. The van der Waals surface area contributed by atoms with Crippen LogP contribution in [0.4, 0.5) is 0 Å². The van der Waals surface area contributed by atoms with Crippen molar-refractivity contribution < 1.29 is 9.21 Å². The molecule has 1 amide bonds. The van der Waals surface area contributed by atoms with Gasteiger partial charge in [-0.1, -0.05) is 23.7 Å². The minimum Gasteiger partial charge on any atom is -0.430 e. The summed E-state index contributed by atoms with van der Waals surface area (Å²) in [6.07, 6.45) is 1.84. The lowest BCUT2D eigenvalue weighted by Crippen LogP contribution is -2.26. The van der Waals surface area contributed by atoms with Crippen LogP contribution in [0.25, 0.3) is 0 Å². The molecule has 0 atom stereocenters. The summed E-state index contributed by atoms with van der Waals surface area (Å²) in [6.45, 7) is 0.483. The number of rotatable bonds is 4. The molecule has 104 valence electrons. The molecule has 0 aliphatic carbocycles. The van der Waals surface area contributed by atoms with E-state index in [4.69, 9.17) is 16.0 Å². The zero-order chi connectivity index (χ0) is 14.5. The highest BCUT2D eigenvalue weighted by Crippen LogP contribution is 2.10. The second kappa shape index (κ2) is 6.72. The van der Waals surface area contributed by atoms with E-state index in [2.05, 4.69) is 21.2 Å². The van der Waals surface area contributed by atoms with Crippen molar-refractivity contribution in [1.82, 2.24) is 5.32 Å². The third-order valence-corrected chi connectivity index (χ3v) is 3.45. The molecule has 0 fully saturated rings. The molecule has 1 N–H and O–H groups in total. The fraction of sp³-hybridized carbons (Fsp3) is 0.143. The molecule has 0 spiro atoms. The first-order valence-electron chi connectivity index (χ1n) is 5.87. The smallest absolute Gasteiger partial charge is 0.350 e. The standard InChI is InChI=1S/C14H11BrClNO3/c15-12-7-10(8-20-14(12)19)13(18)17-6-5-9-1-3-11(16)4-2-9/h1-4,7-8H,5-6H2,(H,17,18). The van der Waals surface area contributed by atoms with Gasteiger partial charge in [-0.15, -0.1) is 0 Å². The van der Waals surface area contributed by atoms with Gasteiger partial charge in [0.05, 0.1) is 5.56 Å². The van der Waals surface area contributed by atoms with Gasteiger partial charge in [-0.3, -0.25) is 4.79 Å². The van der Waals surface area contributed by atoms with Crippen LogP contribution in [-0.2, 0) is 6.42 Å². The molecule has 2 rings (SSSR count). The highest BCUT2D eigenvalue weighted by molar-refractivity contribution is 9.10. The van der Waals surface area contributed by atoms with Crippen LogP contribution in [0.15, 0.2) is 50.3 Å². The van der Waals surface area contributed by atoms with E-state index < -0.39 is 5.63 Å². The lowest BCUT2D eigenvalue weighted by atomic mass is 10.1. The Morgan fingerprint density at radius 2 is 2.00 bits per heavy atom. The van der Waals surface area contributed by atoms with E-state index in [-0.39, 0.29) is 10.4 Å². The fourth-order valence-electron chi connectivity index (χ4n) is 1.60. The van der Waals surface area contributed by atoms with Crippen molar-refractivity contribution >= 4 is 33.4 Å². The molecule has 0 radical (unpaired) electrons. The number of amides is 1. The number of hydrogen-bond donors (Lipinski definition) is 1. The van der Waals surface area contributed by atoms with Crippen molar-refractivity contribution in [1.29, 1.82) is 0 Å². The molecule has 0 saturated heterocycles. The molecule has 2 aromatic rings. The molecule has 6 heteroatoms. The van der Waals surface area contributed by atoms with E-state index in [0.717, 1.165) is 11.8 Å². The third-order valence-electron chi connectivity index (χ3n) is 2.64. The van der Waals surface area contributed by atoms with Crippen LogP contribution in [0.1, 0.15) is 15.9 Å². The van der Waals surface area contributed by atoms with Gasteiger partial charge in [0.2, 0.25) is 0 Å². The van der Waals surface area contributed by atoms with Crippen molar-refractivity contribution in [3.63, 3.8) is 0 Å². The molecule has 0 unspecified atom stereocenters. The Balaban J connectivity index is 1.90. The summed E-state index contributed by atoms with van der Waals surface area (Å²) in [6, 6.07) is 8.87. The van der Waals surface area contributed by atoms with Crippen molar-refractivity contribution in [3.8, 4) is 0 Å². The second-order valence-corrected chi connectivity index (χ2v) is 5.39. The van der Waals surface area contributed by atoms with Crippen LogP contribution >= 0.6 is 27.5 Å². The number of nitrogens with one attached hydrogen (secondary N) is 1. The lowest BCUT2D eigenvalue weighted by molar-refractivity contribution is 0.0951. The van der Waals surface area contributed by atoms with E-state index >= 15 is 0 Å². The van der Waals surface area contributed by atoms with Gasteiger partial charge in [0.15, 0.2) is 0 Å². The minimum absolute atomic E-state index is 0.225. The molecule has 1 heterocycles. The Morgan fingerprint density at radius 3 is 2.65 bits per heavy atom. The van der Waals surface area contributed by atoms with E-state index in [1.54, 1.807) is 0 Å². The van der Waals surface area contributed by atoms with Gasteiger partial charge in [-0.2, -0.15) is 0 Å². The predicted octanol–water partition coefficient (Wildman–Crippen LogP) is 3.03. The average Bonchev–Trinajstić information content (AvgIpc) is 2.44. The first-order valence-corrected chi connectivity index (χ1v) is 7.04. The maximum absolute atomic E-state index is 11.8. The summed E-state index contributed by atoms with van der Waals surface area (Å²) in [5.41, 5.74) is 0.866. The third kappa shape index (κ3) is 3.95. The van der Waals surface area contributed by atoms with Crippen LogP contribution < -0.4 is 10.9 Å². The van der Waals surface area contributed by atoms with Crippen molar-refractivity contribution in [2.45, 2.75) is 6.42 Å². The van der Waals surface area contributed by atoms with Crippen molar-refractivity contribution in [2.75, 3.05) is 6.54 Å². The lowest BCUT2D eigenvalue weighted by Gasteiger charge is -2.05. The quantitative estimate of drug-likeness (QED) is 0.916. The molecule has 20 heavy (non-hydrogen) atoms. The average molecular weight is 357 g/mol. The van der Waals surface area contributed by atoms with Gasteiger partial charge in [-0.05, 0) is 46.1 Å².